The number of methoxy groups -OCH3 is 1. The molecule has 6 nitrogen and oxygen atoms in total. The summed E-state index contributed by atoms with van der Waals surface area (Å²) >= 11 is 6.00. The Balaban J connectivity index is 2.66. The predicted molar refractivity (Wildman–Crippen MR) is 80.5 cm³/mol. The maximum Gasteiger partial charge on any atom is 0.332 e. The Labute approximate surface area is 123 Å². The molecule has 1 rings (SSSR count). The Bertz CT molecular complexity index is 524. The first-order chi connectivity index (χ1) is 9.40. The van der Waals surface area contributed by atoms with Gasteiger partial charge < -0.3 is 20.3 Å². The molecule has 112 valence electrons. The monoisotopic (exact) mass is 320 g/mol. The highest BCUT2D eigenvalue weighted by atomic mass is 35.5. The van der Waals surface area contributed by atoms with Crippen LogP contribution in [0, 0.1) is 0 Å². The number of anilines is 2. The second kappa shape index (κ2) is 7.53. The molecule has 0 spiro atoms. The van der Waals surface area contributed by atoms with Gasteiger partial charge in [-0.15, -0.1) is 0 Å². The van der Waals surface area contributed by atoms with Crippen molar-refractivity contribution in [3.05, 3.63) is 23.2 Å². The van der Waals surface area contributed by atoms with E-state index in [4.69, 9.17) is 21.9 Å². The lowest BCUT2D eigenvalue weighted by Crippen LogP contribution is -2.13. The van der Waals surface area contributed by atoms with E-state index in [9.17, 15) is 9.36 Å². The predicted octanol–water partition coefficient (Wildman–Crippen LogP) is 2.78. The zero-order chi connectivity index (χ0) is 15.2. The number of nitrogens with two attached hydrogens (primary N) is 1. The average Bonchev–Trinajstić information content (AvgIpc) is 2.45. The molecule has 0 aliphatic rings. The van der Waals surface area contributed by atoms with Gasteiger partial charge in [0.15, 0.2) is 6.61 Å². The van der Waals surface area contributed by atoms with Gasteiger partial charge >= 0.3 is 5.97 Å². The van der Waals surface area contributed by atoms with Gasteiger partial charge in [0, 0.05) is 11.8 Å². The molecular formula is C12H18ClN2O4P. The molecule has 0 radical (unpaired) electrons. The summed E-state index contributed by atoms with van der Waals surface area (Å²) in [5.74, 6) is -0.569. The van der Waals surface area contributed by atoms with Crippen LogP contribution in [-0.4, -0.2) is 32.1 Å². The van der Waals surface area contributed by atoms with E-state index in [1.807, 2.05) is 0 Å². The number of hydrogen-bond donors (Lipinski definition) is 2. The molecule has 20 heavy (non-hydrogen) atoms. The van der Waals surface area contributed by atoms with E-state index < -0.39 is 13.3 Å². The third kappa shape index (κ3) is 5.04. The number of nitrogens with one attached hydrogen (secondary N) is 1. The third-order valence-corrected chi connectivity index (χ3v) is 5.16. The largest absolute Gasteiger partial charge is 0.467 e. The van der Waals surface area contributed by atoms with Gasteiger partial charge in [-0.3, -0.25) is 4.57 Å². The molecule has 1 aromatic rings. The molecule has 0 aliphatic heterocycles. The summed E-state index contributed by atoms with van der Waals surface area (Å²) in [4.78, 5) is 11.0. The molecule has 0 saturated heterocycles. The van der Waals surface area contributed by atoms with E-state index in [2.05, 4.69) is 10.1 Å². The molecule has 0 aliphatic carbocycles. The molecule has 0 aromatic heterocycles. The highest BCUT2D eigenvalue weighted by Gasteiger charge is 2.22. The number of carbonyl (C=O) groups is 1. The van der Waals surface area contributed by atoms with Gasteiger partial charge in [0.2, 0.25) is 7.37 Å². The zero-order valence-electron chi connectivity index (χ0n) is 11.4. The molecule has 0 bridgehead atoms. The first kappa shape index (κ1) is 16.8. The molecule has 0 heterocycles. The topological polar surface area (TPSA) is 90.7 Å². The standard InChI is InChI=1S/C12H18ClN2O4P/c1-3-20(17,19-7-12(16)18-2)8-15-11-6-9(14)4-5-10(11)13/h4-6,15H,3,7-8,14H2,1-2H3. The highest BCUT2D eigenvalue weighted by molar-refractivity contribution is 7.59. The number of hydrogen-bond acceptors (Lipinski definition) is 6. The van der Waals surface area contributed by atoms with E-state index in [0.29, 0.717) is 16.4 Å². The fourth-order valence-corrected chi connectivity index (χ4v) is 2.80. The Kier molecular flexibility index (Phi) is 6.33. The zero-order valence-corrected chi connectivity index (χ0v) is 13.0. The molecule has 1 aromatic carbocycles. The quantitative estimate of drug-likeness (QED) is 0.456. The molecule has 0 amide bonds. The summed E-state index contributed by atoms with van der Waals surface area (Å²) in [6, 6.07) is 4.95. The van der Waals surface area contributed by atoms with Crippen LogP contribution < -0.4 is 11.1 Å². The minimum Gasteiger partial charge on any atom is -0.467 e. The van der Waals surface area contributed by atoms with Crippen LogP contribution in [0.5, 0.6) is 0 Å². The molecular weight excluding hydrogens is 303 g/mol. The molecule has 3 N–H and O–H groups in total. The molecule has 1 atom stereocenters. The van der Waals surface area contributed by atoms with Crippen LogP contribution in [0.25, 0.3) is 0 Å². The molecule has 0 saturated carbocycles. The van der Waals surface area contributed by atoms with Crippen LogP contribution >= 0.6 is 19.0 Å². The number of benzene rings is 1. The minimum atomic E-state index is -2.98. The summed E-state index contributed by atoms with van der Waals surface area (Å²) in [5, 5.41) is 3.40. The lowest BCUT2D eigenvalue weighted by atomic mass is 10.3. The third-order valence-electron chi connectivity index (χ3n) is 2.63. The number of nitrogen functional groups attached to an aromatic ring is 1. The van der Waals surface area contributed by atoms with E-state index in [1.165, 1.54) is 7.11 Å². The second-order valence-corrected chi connectivity index (χ2v) is 7.30. The van der Waals surface area contributed by atoms with Crippen molar-refractivity contribution in [1.29, 1.82) is 0 Å². The van der Waals surface area contributed by atoms with Crippen LogP contribution in [0.1, 0.15) is 6.92 Å². The smallest absolute Gasteiger partial charge is 0.332 e. The summed E-state index contributed by atoms with van der Waals surface area (Å²) < 4.78 is 22.0. The number of rotatable bonds is 7. The van der Waals surface area contributed by atoms with E-state index in [0.717, 1.165) is 0 Å². The van der Waals surface area contributed by atoms with Gasteiger partial charge in [-0.05, 0) is 18.2 Å². The van der Waals surface area contributed by atoms with Crippen molar-refractivity contribution < 1.29 is 18.6 Å². The maximum absolute atomic E-state index is 12.4. The number of carbonyl (C=O) groups excluding carboxylic acids is 1. The van der Waals surface area contributed by atoms with Gasteiger partial charge in [0.05, 0.1) is 24.1 Å². The van der Waals surface area contributed by atoms with Gasteiger partial charge in [0.25, 0.3) is 0 Å². The van der Waals surface area contributed by atoms with Crippen LogP contribution in [0.15, 0.2) is 18.2 Å². The summed E-state index contributed by atoms with van der Waals surface area (Å²) in [6.07, 6.45) is 0.348. The Morgan fingerprint density at radius 2 is 2.20 bits per heavy atom. The van der Waals surface area contributed by atoms with E-state index in [-0.39, 0.29) is 19.1 Å². The normalized spacial score (nSPS) is 13.6. The van der Waals surface area contributed by atoms with Crippen molar-refractivity contribution in [1.82, 2.24) is 0 Å². The van der Waals surface area contributed by atoms with Crippen molar-refractivity contribution in [2.75, 3.05) is 37.2 Å². The summed E-state index contributed by atoms with van der Waals surface area (Å²) in [5.41, 5.74) is 6.77. The van der Waals surface area contributed by atoms with Gasteiger partial charge in [-0.2, -0.15) is 0 Å². The van der Waals surface area contributed by atoms with Crippen molar-refractivity contribution in [2.24, 2.45) is 0 Å². The molecule has 0 fully saturated rings. The lowest BCUT2D eigenvalue weighted by molar-refractivity contribution is -0.142. The van der Waals surface area contributed by atoms with Crippen LogP contribution in [0.2, 0.25) is 5.02 Å². The van der Waals surface area contributed by atoms with E-state index >= 15 is 0 Å². The first-order valence-corrected chi connectivity index (χ1v) is 8.36. The number of esters is 1. The Morgan fingerprint density at radius 1 is 1.50 bits per heavy atom. The Morgan fingerprint density at radius 3 is 2.80 bits per heavy atom. The van der Waals surface area contributed by atoms with Crippen LogP contribution in [-0.2, 0) is 18.6 Å². The van der Waals surface area contributed by atoms with Gasteiger partial charge in [0.1, 0.15) is 0 Å². The fraction of sp³-hybridized carbons (Fsp3) is 0.417. The summed E-state index contributed by atoms with van der Waals surface area (Å²) in [6.45, 7) is 1.38. The van der Waals surface area contributed by atoms with Crippen molar-refractivity contribution in [3.63, 3.8) is 0 Å². The van der Waals surface area contributed by atoms with Crippen LogP contribution in [0.3, 0.4) is 0 Å². The number of ether oxygens (including phenoxy) is 1. The summed E-state index contributed by atoms with van der Waals surface area (Å²) in [7, 11) is -1.74. The maximum atomic E-state index is 12.4. The van der Waals surface area contributed by atoms with E-state index in [1.54, 1.807) is 25.1 Å². The fourth-order valence-electron chi connectivity index (χ4n) is 1.36. The first-order valence-electron chi connectivity index (χ1n) is 5.98. The second-order valence-electron chi connectivity index (χ2n) is 4.05. The van der Waals surface area contributed by atoms with Gasteiger partial charge in [-0.25, -0.2) is 4.79 Å². The molecule has 8 heteroatoms. The van der Waals surface area contributed by atoms with Gasteiger partial charge in [-0.1, -0.05) is 18.5 Å². The Hall–Kier alpha value is -1.23. The SMILES string of the molecule is CCP(=O)(CNc1cc(N)ccc1Cl)OCC(=O)OC. The van der Waals surface area contributed by atoms with Crippen LogP contribution in [0.4, 0.5) is 11.4 Å². The van der Waals surface area contributed by atoms with Crippen molar-refractivity contribution in [3.8, 4) is 0 Å². The average molecular weight is 321 g/mol. The van der Waals surface area contributed by atoms with Crippen molar-refractivity contribution in [2.45, 2.75) is 6.92 Å². The minimum absolute atomic E-state index is 0.0592. The lowest BCUT2D eigenvalue weighted by Gasteiger charge is -2.18. The highest BCUT2D eigenvalue weighted by Crippen LogP contribution is 2.46. The molecule has 1 unspecified atom stereocenters. The van der Waals surface area contributed by atoms with Crippen molar-refractivity contribution >= 4 is 36.3 Å². The number of halogens is 1.